The fourth-order valence-electron chi connectivity index (χ4n) is 4.23. The number of hydrogen-bond donors (Lipinski definition) is 1. The molecule has 5 atom stereocenters. The van der Waals surface area contributed by atoms with Gasteiger partial charge in [-0.25, -0.2) is 0 Å². The molecule has 0 bridgehead atoms. The van der Waals surface area contributed by atoms with Crippen LogP contribution in [-0.2, 0) is 14.3 Å². The second-order valence-electron chi connectivity index (χ2n) is 8.06. The summed E-state index contributed by atoms with van der Waals surface area (Å²) in [5.74, 6) is -0.925. The summed E-state index contributed by atoms with van der Waals surface area (Å²) in [7, 11) is 0. The normalized spacial score (nSPS) is 35.5. The molecule has 0 heterocycles. The number of esters is 1. The van der Waals surface area contributed by atoms with Crippen molar-refractivity contribution in [1.29, 1.82) is 0 Å². The minimum absolute atomic E-state index is 0.137. The summed E-state index contributed by atoms with van der Waals surface area (Å²) in [4.78, 5) is 23.2. The van der Waals surface area contributed by atoms with Crippen LogP contribution in [0.1, 0.15) is 59.8 Å². The summed E-state index contributed by atoms with van der Waals surface area (Å²) < 4.78 is 5.65. The third-order valence-corrected chi connectivity index (χ3v) is 6.13. The van der Waals surface area contributed by atoms with Crippen LogP contribution in [0.25, 0.3) is 0 Å². The summed E-state index contributed by atoms with van der Waals surface area (Å²) in [6.45, 7) is 12.0. The van der Waals surface area contributed by atoms with Crippen molar-refractivity contribution in [2.75, 3.05) is 0 Å². The number of carbonyl (C=O) groups excluding carboxylic acids is 1. The van der Waals surface area contributed by atoms with Crippen LogP contribution in [0.4, 0.5) is 0 Å². The fraction of sp³-hybridized carbons (Fsp3) is 0.789. The maximum Gasteiger partial charge on any atom is 0.308 e. The zero-order valence-electron chi connectivity index (χ0n) is 14.8. The minimum atomic E-state index is -0.720. The molecule has 1 N–H and O–H groups in total. The van der Waals surface area contributed by atoms with Gasteiger partial charge in [-0.2, -0.15) is 0 Å². The van der Waals surface area contributed by atoms with Crippen LogP contribution in [0.5, 0.6) is 0 Å². The van der Waals surface area contributed by atoms with Crippen molar-refractivity contribution >= 4 is 11.9 Å². The highest BCUT2D eigenvalue weighted by molar-refractivity contribution is 5.72. The van der Waals surface area contributed by atoms with E-state index in [1.807, 2.05) is 13.8 Å². The van der Waals surface area contributed by atoms with Crippen LogP contribution in [-0.4, -0.2) is 23.1 Å². The van der Waals surface area contributed by atoms with E-state index in [1.165, 1.54) is 0 Å². The molecule has 0 aromatic carbocycles. The highest BCUT2D eigenvalue weighted by atomic mass is 16.5. The van der Waals surface area contributed by atoms with Gasteiger partial charge in [-0.05, 0) is 54.9 Å². The molecule has 2 saturated carbocycles. The summed E-state index contributed by atoms with van der Waals surface area (Å²) in [6.07, 6.45) is 4.48. The van der Waals surface area contributed by atoms with Crippen LogP contribution in [0, 0.1) is 29.1 Å². The van der Waals surface area contributed by atoms with Crippen molar-refractivity contribution in [3.05, 3.63) is 12.2 Å². The van der Waals surface area contributed by atoms with Gasteiger partial charge in [0, 0.05) is 0 Å². The van der Waals surface area contributed by atoms with Gasteiger partial charge in [-0.1, -0.05) is 34.3 Å². The first kappa shape index (κ1) is 18.0. The summed E-state index contributed by atoms with van der Waals surface area (Å²) in [6, 6.07) is 0. The Labute approximate surface area is 139 Å². The number of fused-ring (bicyclic) bond motifs is 1. The quantitative estimate of drug-likeness (QED) is 0.626. The van der Waals surface area contributed by atoms with Crippen LogP contribution in [0.2, 0.25) is 0 Å². The van der Waals surface area contributed by atoms with E-state index in [2.05, 4.69) is 13.5 Å². The van der Waals surface area contributed by atoms with Gasteiger partial charge >= 0.3 is 11.9 Å². The first-order valence-corrected chi connectivity index (χ1v) is 8.77. The molecule has 4 heteroatoms. The molecule has 2 fully saturated rings. The molecule has 0 aliphatic heterocycles. The van der Waals surface area contributed by atoms with Gasteiger partial charge in [0.25, 0.3) is 0 Å². The van der Waals surface area contributed by atoms with Crippen LogP contribution in [0.15, 0.2) is 12.2 Å². The van der Waals surface area contributed by atoms with Gasteiger partial charge in [0.05, 0.1) is 11.8 Å². The molecule has 0 amide bonds. The number of ether oxygens (including phenoxy) is 1. The van der Waals surface area contributed by atoms with Crippen LogP contribution < -0.4 is 0 Å². The van der Waals surface area contributed by atoms with Gasteiger partial charge in [0.15, 0.2) is 0 Å². The van der Waals surface area contributed by atoms with Crippen molar-refractivity contribution in [2.45, 2.75) is 65.9 Å². The predicted molar refractivity (Wildman–Crippen MR) is 88.8 cm³/mol. The molecule has 2 rings (SSSR count). The predicted octanol–water partition coefficient (Wildman–Crippen LogP) is 4.05. The third kappa shape index (κ3) is 3.61. The van der Waals surface area contributed by atoms with Crippen molar-refractivity contribution in [1.82, 2.24) is 0 Å². The van der Waals surface area contributed by atoms with E-state index in [0.717, 1.165) is 37.7 Å². The van der Waals surface area contributed by atoms with Gasteiger partial charge in [0.2, 0.25) is 0 Å². The van der Waals surface area contributed by atoms with Crippen LogP contribution in [0.3, 0.4) is 0 Å². The van der Waals surface area contributed by atoms with Crippen molar-refractivity contribution < 1.29 is 19.4 Å². The topological polar surface area (TPSA) is 63.6 Å². The summed E-state index contributed by atoms with van der Waals surface area (Å²) >= 11 is 0. The lowest BCUT2D eigenvalue weighted by Crippen LogP contribution is -2.45. The standard InChI is InChI=1S/C19H30O4/c1-11(2)18(22)23-16-7-9-19(5)8-6-14(12(3)17(20)21)10-15(19)13(16)4/h11-12,14-16H,4,6-10H2,1-3,5H3,(H,20,21). The molecule has 2 aliphatic carbocycles. The number of rotatable bonds is 4. The van der Waals surface area contributed by atoms with Gasteiger partial charge in [0.1, 0.15) is 6.10 Å². The number of carboxylic acids is 1. The summed E-state index contributed by atoms with van der Waals surface area (Å²) in [5.41, 5.74) is 1.17. The fourth-order valence-corrected chi connectivity index (χ4v) is 4.23. The smallest absolute Gasteiger partial charge is 0.308 e. The molecular formula is C19H30O4. The highest BCUT2D eigenvalue weighted by Gasteiger charge is 2.48. The van der Waals surface area contributed by atoms with E-state index in [0.29, 0.717) is 0 Å². The Morgan fingerprint density at radius 1 is 1.26 bits per heavy atom. The molecule has 23 heavy (non-hydrogen) atoms. The SMILES string of the molecule is C=C1C(OC(=O)C(C)C)CCC2(C)CCC(C(C)C(=O)O)CC12. The second-order valence-corrected chi connectivity index (χ2v) is 8.06. The van der Waals surface area contributed by atoms with E-state index in [-0.39, 0.29) is 41.2 Å². The third-order valence-electron chi connectivity index (χ3n) is 6.13. The monoisotopic (exact) mass is 322 g/mol. The first-order valence-electron chi connectivity index (χ1n) is 8.77. The zero-order valence-corrected chi connectivity index (χ0v) is 14.8. The Kier molecular flexibility index (Phi) is 5.22. The number of aliphatic carboxylic acids is 1. The lowest BCUT2D eigenvalue weighted by molar-refractivity contribution is -0.154. The Morgan fingerprint density at radius 2 is 1.87 bits per heavy atom. The van der Waals surface area contributed by atoms with Crippen LogP contribution >= 0.6 is 0 Å². The Balaban J connectivity index is 2.11. The highest BCUT2D eigenvalue weighted by Crippen LogP contribution is 2.55. The van der Waals surface area contributed by atoms with Crippen molar-refractivity contribution in [2.24, 2.45) is 29.1 Å². The largest absolute Gasteiger partial charge is 0.481 e. The van der Waals surface area contributed by atoms with Gasteiger partial charge in [-0.15, -0.1) is 0 Å². The molecule has 130 valence electrons. The van der Waals surface area contributed by atoms with E-state index >= 15 is 0 Å². The number of carboxylic acid groups (broad SMARTS) is 1. The maximum absolute atomic E-state index is 11.9. The average molecular weight is 322 g/mol. The Morgan fingerprint density at radius 3 is 2.43 bits per heavy atom. The number of hydrogen-bond acceptors (Lipinski definition) is 3. The first-order chi connectivity index (χ1) is 10.7. The number of carbonyl (C=O) groups is 2. The minimum Gasteiger partial charge on any atom is -0.481 e. The molecule has 0 aromatic rings. The average Bonchev–Trinajstić information content (AvgIpc) is 2.49. The molecule has 0 saturated heterocycles. The molecule has 0 aromatic heterocycles. The lowest BCUT2D eigenvalue weighted by atomic mass is 9.55. The molecular weight excluding hydrogens is 292 g/mol. The van der Waals surface area contributed by atoms with Gasteiger partial charge in [-0.3, -0.25) is 9.59 Å². The Hall–Kier alpha value is -1.32. The molecule has 0 spiro atoms. The van der Waals surface area contributed by atoms with Gasteiger partial charge < -0.3 is 9.84 Å². The van der Waals surface area contributed by atoms with E-state index in [1.54, 1.807) is 6.92 Å². The zero-order chi connectivity index (χ0) is 17.4. The van der Waals surface area contributed by atoms with Crippen molar-refractivity contribution in [3.8, 4) is 0 Å². The van der Waals surface area contributed by atoms with E-state index < -0.39 is 5.97 Å². The maximum atomic E-state index is 11.9. The molecule has 2 aliphatic rings. The molecule has 4 nitrogen and oxygen atoms in total. The summed E-state index contributed by atoms with van der Waals surface area (Å²) in [5, 5.41) is 9.30. The Bertz CT molecular complexity index is 496. The molecule has 5 unspecified atom stereocenters. The second kappa shape index (κ2) is 6.66. The van der Waals surface area contributed by atoms with E-state index in [4.69, 9.17) is 4.74 Å². The van der Waals surface area contributed by atoms with Crippen molar-refractivity contribution in [3.63, 3.8) is 0 Å². The lowest BCUT2D eigenvalue weighted by Gasteiger charge is -2.51. The molecule has 0 radical (unpaired) electrons. The van der Waals surface area contributed by atoms with E-state index in [9.17, 15) is 14.7 Å².